The molecule has 0 heterocycles. The predicted molar refractivity (Wildman–Crippen MR) is 192 cm³/mol. The van der Waals surface area contributed by atoms with Crippen LogP contribution in [0, 0.1) is 0 Å². The molecule has 0 atom stereocenters. The topological polar surface area (TPSA) is 88.1 Å². The summed E-state index contributed by atoms with van der Waals surface area (Å²) in [6.45, 7) is 11.8. The minimum Gasteiger partial charge on any atom is -0.463 e. The maximum Gasteiger partial charge on any atom is 0.339 e. The molecule has 0 aromatic heterocycles. The van der Waals surface area contributed by atoms with Gasteiger partial charge in [-0.1, -0.05) is 135 Å². The fourth-order valence-corrected chi connectivity index (χ4v) is 5.73. The summed E-state index contributed by atoms with van der Waals surface area (Å²) in [5.41, 5.74) is 0.586. The highest BCUT2D eigenvalue weighted by molar-refractivity contribution is 6.26. The van der Waals surface area contributed by atoms with Crippen LogP contribution in [0.5, 0.6) is 0 Å². The third kappa shape index (κ3) is 26.7. The van der Waals surface area contributed by atoms with E-state index in [1.54, 1.807) is 24.3 Å². The molecule has 8 heteroatoms. The summed E-state index contributed by atoms with van der Waals surface area (Å²) in [4.78, 5) is 35.2. The third-order valence-electron chi connectivity index (χ3n) is 7.63. The Morgan fingerprint density at radius 2 is 1.04 bits per heavy atom. The van der Waals surface area contributed by atoms with E-state index in [0.717, 1.165) is 44.8 Å². The lowest BCUT2D eigenvalue weighted by molar-refractivity contribution is -0.137. The van der Waals surface area contributed by atoms with Crippen LogP contribution in [0.1, 0.15) is 163 Å². The van der Waals surface area contributed by atoms with Gasteiger partial charge in [-0.2, -0.15) is 0 Å². The van der Waals surface area contributed by atoms with E-state index < -0.39 is 11.9 Å². The highest BCUT2D eigenvalue weighted by atomic mass is 28.2. The van der Waals surface area contributed by atoms with E-state index in [2.05, 4.69) is 20.4 Å². The van der Waals surface area contributed by atoms with Gasteiger partial charge in [-0.15, -0.1) is 0 Å². The molecule has 0 aliphatic heterocycles. The van der Waals surface area contributed by atoms with E-state index in [4.69, 9.17) is 18.6 Å². The molecule has 46 heavy (non-hydrogen) atoms. The molecule has 1 aliphatic carbocycles. The smallest absolute Gasteiger partial charge is 0.339 e. The molecular weight excluding hydrogens is 596 g/mol. The van der Waals surface area contributed by atoms with Crippen LogP contribution >= 0.6 is 0 Å². The molecule has 1 aromatic carbocycles. The quantitative estimate of drug-likeness (QED) is 0.0379. The van der Waals surface area contributed by atoms with Crippen molar-refractivity contribution in [3.63, 3.8) is 0 Å². The van der Waals surface area contributed by atoms with Gasteiger partial charge in [0.2, 0.25) is 0 Å². The van der Waals surface area contributed by atoms with Crippen LogP contribution in [-0.4, -0.2) is 54.1 Å². The molecule has 1 aliphatic rings. The first-order valence-corrected chi connectivity index (χ1v) is 19.9. The van der Waals surface area contributed by atoms with E-state index in [1.165, 1.54) is 96.0 Å². The van der Waals surface area contributed by atoms with Crippen LogP contribution < -0.4 is 0 Å². The molecule has 0 bridgehead atoms. The molecule has 264 valence electrons. The zero-order chi connectivity index (χ0) is 33.9. The summed E-state index contributed by atoms with van der Waals surface area (Å²) >= 11 is 0. The third-order valence-corrected chi connectivity index (χ3v) is 9.11. The number of hydrogen-bond acceptors (Lipinski definition) is 7. The van der Waals surface area contributed by atoms with Gasteiger partial charge in [0, 0.05) is 12.7 Å². The second-order valence-corrected chi connectivity index (χ2v) is 13.3. The number of unbranched alkanes of at least 4 members (excludes halogenated alkanes) is 10. The number of esters is 3. The average molecular weight is 663 g/mol. The molecule has 0 radical (unpaired) electrons. The first-order chi connectivity index (χ1) is 22.5. The minimum absolute atomic E-state index is 0.293. The van der Waals surface area contributed by atoms with Gasteiger partial charge < -0.3 is 18.6 Å². The van der Waals surface area contributed by atoms with Gasteiger partial charge in [-0.3, -0.25) is 0 Å². The average Bonchev–Trinajstić information content (AvgIpc) is 3.10. The Morgan fingerprint density at radius 3 is 1.46 bits per heavy atom. The van der Waals surface area contributed by atoms with Crippen LogP contribution in [0.15, 0.2) is 36.9 Å². The molecule has 1 fully saturated rings. The molecule has 0 N–H and O–H groups in total. The van der Waals surface area contributed by atoms with Gasteiger partial charge in [0.1, 0.15) is 0 Å². The zero-order valence-corrected chi connectivity index (χ0v) is 31.0. The largest absolute Gasteiger partial charge is 0.463 e. The van der Waals surface area contributed by atoms with Crippen LogP contribution in [0.25, 0.3) is 0 Å². The first-order valence-electron chi connectivity index (χ1n) is 18.3. The fourth-order valence-electron chi connectivity index (χ4n) is 4.83. The van der Waals surface area contributed by atoms with Crippen LogP contribution in [-0.2, 0) is 23.4 Å². The second kappa shape index (κ2) is 33.9. The summed E-state index contributed by atoms with van der Waals surface area (Å²) in [7, 11) is -0.357. The Bertz CT molecular complexity index is 825. The lowest BCUT2D eigenvalue weighted by atomic mass is 10.0. The Balaban J connectivity index is 0.000000913. The first kappa shape index (κ1) is 43.5. The zero-order valence-electron chi connectivity index (χ0n) is 29.6. The van der Waals surface area contributed by atoms with Gasteiger partial charge in [0.15, 0.2) is 9.76 Å². The normalized spacial score (nSPS) is 12.3. The summed E-state index contributed by atoms with van der Waals surface area (Å²) in [6, 6.07) is 7.81. The molecule has 1 saturated carbocycles. The number of carbonyl (C=O) groups is 3. The minimum atomic E-state index is -0.444. The molecule has 2 rings (SSSR count). The lowest BCUT2D eigenvalue weighted by Gasteiger charge is -2.10. The van der Waals surface area contributed by atoms with E-state index in [0.29, 0.717) is 30.9 Å². The van der Waals surface area contributed by atoms with E-state index in [-0.39, 0.29) is 15.7 Å². The maximum absolute atomic E-state index is 12.4. The van der Waals surface area contributed by atoms with Gasteiger partial charge in [0.25, 0.3) is 0 Å². The molecular formula is C38H66O7Si. The molecule has 7 nitrogen and oxygen atoms in total. The Kier molecular flexibility index (Phi) is 32.1. The van der Waals surface area contributed by atoms with Crippen molar-refractivity contribution in [3.8, 4) is 0 Å². The number of ether oxygens (including phenoxy) is 3. The molecule has 0 saturated heterocycles. The van der Waals surface area contributed by atoms with Crippen molar-refractivity contribution < 1.29 is 33.0 Å². The van der Waals surface area contributed by atoms with Crippen LogP contribution in [0.2, 0.25) is 6.04 Å². The Hall–Kier alpha value is -2.45. The fraction of sp³-hybridized carbons (Fsp3) is 0.711. The molecule has 0 unspecified atom stereocenters. The lowest BCUT2D eigenvalue weighted by Crippen LogP contribution is -2.15. The van der Waals surface area contributed by atoms with Crippen LogP contribution in [0.4, 0.5) is 0 Å². The maximum atomic E-state index is 12.4. The van der Waals surface area contributed by atoms with Crippen molar-refractivity contribution >= 4 is 27.7 Å². The summed E-state index contributed by atoms with van der Waals surface area (Å²) in [5, 5.41) is 0. The molecule has 0 amide bonds. The van der Waals surface area contributed by atoms with Crippen molar-refractivity contribution in [2.45, 2.75) is 149 Å². The Labute approximate surface area is 283 Å². The molecule has 0 spiro atoms. The standard InChI is InChI=1S/C24H38O4.C8H16O3Si.C6H12/c1-3-5-7-9-11-15-19-27-23(25)21-17-13-14-18-22(21)24(26)28-20-16-12-10-8-6-4-2;1-3-8(9)10-6-5-7-12-11-4-2;1-2-4-6-5-3-1/h13-14,17-18H,3-12,15-16,19-20H2,1-2H3;3H,1,4-7,12H2,2H3;1-6H2. The number of carbonyl (C=O) groups excluding carboxylic acids is 3. The highest BCUT2D eigenvalue weighted by Crippen LogP contribution is 2.16. The van der Waals surface area contributed by atoms with Crippen LogP contribution in [0.3, 0.4) is 0 Å². The number of hydrogen-bond donors (Lipinski definition) is 0. The second-order valence-electron chi connectivity index (χ2n) is 11.7. The number of rotatable bonds is 23. The van der Waals surface area contributed by atoms with Gasteiger partial charge in [-0.25, -0.2) is 14.4 Å². The molecule has 1 aromatic rings. The van der Waals surface area contributed by atoms with E-state index >= 15 is 0 Å². The van der Waals surface area contributed by atoms with Gasteiger partial charge >= 0.3 is 17.9 Å². The monoisotopic (exact) mass is 662 g/mol. The van der Waals surface area contributed by atoms with Gasteiger partial charge in [-0.05, 0) is 44.4 Å². The van der Waals surface area contributed by atoms with E-state index in [9.17, 15) is 14.4 Å². The predicted octanol–water partition coefficient (Wildman–Crippen LogP) is 9.71. The summed E-state index contributed by atoms with van der Waals surface area (Å²) in [6.07, 6.45) is 24.7. The van der Waals surface area contributed by atoms with Crippen molar-refractivity contribution in [3.05, 3.63) is 48.0 Å². The van der Waals surface area contributed by atoms with Crippen molar-refractivity contribution in [1.29, 1.82) is 0 Å². The van der Waals surface area contributed by atoms with E-state index in [1.807, 2.05) is 6.92 Å². The van der Waals surface area contributed by atoms with Crippen molar-refractivity contribution in [2.24, 2.45) is 0 Å². The summed E-state index contributed by atoms with van der Waals surface area (Å²) in [5.74, 6) is -1.23. The van der Waals surface area contributed by atoms with Crippen molar-refractivity contribution in [2.75, 3.05) is 26.4 Å². The van der Waals surface area contributed by atoms with Gasteiger partial charge in [0.05, 0.1) is 30.9 Å². The van der Waals surface area contributed by atoms with Crippen molar-refractivity contribution in [1.82, 2.24) is 0 Å². The summed E-state index contributed by atoms with van der Waals surface area (Å²) < 4.78 is 20.7. The SMILES string of the molecule is C1CCCCC1.C=CC(=O)OCCC[SiH2]OCC.CCCCCCCCOC(=O)c1ccccc1C(=O)OCCCCCCCC. The Morgan fingerprint density at radius 1 is 0.630 bits per heavy atom. The number of benzene rings is 1. The highest BCUT2D eigenvalue weighted by Gasteiger charge is 2.18.